The molecule has 0 bridgehead atoms. The highest BCUT2D eigenvalue weighted by molar-refractivity contribution is 5.90. The van der Waals surface area contributed by atoms with Crippen molar-refractivity contribution in [3.63, 3.8) is 0 Å². The molecule has 1 N–H and O–H groups in total. The third-order valence-corrected chi connectivity index (χ3v) is 2.77. The maximum Gasteiger partial charge on any atom is 0.341 e. The van der Waals surface area contributed by atoms with Crippen LogP contribution in [-0.4, -0.2) is 30.3 Å². The van der Waals surface area contributed by atoms with Crippen LogP contribution >= 0.6 is 0 Å². The lowest BCUT2D eigenvalue weighted by Gasteiger charge is -2.11. The Morgan fingerprint density at radius 2 is 1.62 bits per heavy atom. The first-order valence-corrected chi connectivity index (χ1v) is 6.15. The van der Waals surface area contributed by atoms with Gasteiger partial charge in [0.05, 0.1) is 14.2 Å². The molecule has 0 aliphatic rings. The molecule has 0 fully saturated rings. The number of pyridine rings is 1. The fourth-order valence-corrected chi connectivity index (χ4v) is 1.73. The molecule has 0 saturated heterocycles. The second kappa shape index (κ2) is 6.13. The van der Waals surface area contributed by atoms with E-state index in [0.29, 0.717) is 22.9 Å². The normalized spacial score (nSPS) is 10.0. The molecular formula is C15H15NO5. The number of hydrogen-bond acceptors (Lipinski definition) is 5. The van der Waals surface area contributed by atoms with Crippen LogP contribution in [0.2, 0.25) is 0 Å². The van der Waals surface area contributed by atoms with Gasteiger partial charge in [-0.25, -0.2) is 9.78 Å². The van der Waals surface area contributed by atoms with Gasteiger partial charge in [-0.2, -0.15) is 0 Å². The number of aryl methyl sites for hydroxylation is 1. The Balaban J connectivity index is 2.42. The number of ether oxygens (including phenoxy) is 3. The summed E-state index contributed by atoms with van der Waals surface area (Å²) in [5, 5.41) is 9.17. The van der Waals surface area contributed by atoms with Crippen molar-refractivity contribution < 1.29 is 24.1 Å². The van der Waals surface area contributed by atoms with Gasteiger partial charge in [0.15, 0.2) is 0 Å². The van der Waals surface area contributed by atoms with E-state index in [9.17, 15) is 4.79 Å². The van der Waals surface area contributed by atoms with Gasteiger partial charge in [-0.15, -0.1) is 0 Å². The Morgan fingerprint density at radius 3 is 2.14 bits per heavy atom. The maximum absolute atomic E-state index is 11.2. The highest BCUT2D eigenvalue weighted by Crippen LogP contribution is 2.31. The molecule has 0 aliphatic carbocycles. The molecule has 1 aromatic heterocycles. The van der Waals surface area contributed by atoms with Crippen LogP contribution in [0.5, 0.6) is 23.1 Å². The third kappa shape index (κ3) is 3.42. The van der Waals surface area contributed by atoms with Crippen molar-refractivity contribution in [1.82, 2.24) is 4.98 Å². The molecule has 1 aromatic carbocycles. The number of carbonyl (C=O) groups is 1. The highest BCUT2D eigenvalue weighted by Gasteiger charge is 2.15. The molecular weight excluding hydrogens is 274 g/mol. The Hall–Kier alpha value is -2.76. The first kappa shape index (κ1) is 14.6. The molecule has 2 aromatic rings. The summed E-state index contributed by atoms with van der Waals surface area (Å²) in [7, 11) is 3.04. The number of carboxylic acid groups (broad SMARTS) is 1. The van der Waals surface area contributed by atoms with Gasteiger partial charge in [0, 0.05) is 23.9 Å². The van der Waals surface area contributed by atoms with Crippen LogP contribution in [0.1, 0.15) is 16.1 Å². The zero-order valence-corrected chi connectivity index (χ0v) is 11.9. The smallest absolute Gasteiger partial charge is 0.341 e. The maximum atomic E-state index is 11.2. The number of methoxy groups -OCH3 is 2. The Morgan fingerprint density at radius 1 is 1.05 bits per heavy atom. The standard InChI is InChI=1S/C15H15NO5/c1-9-4-5-13(15(17)18)14(16-9)21-12-7-10(19-2)6-11(8-12)20-3/h4-8H,1-3H3,(H,17,18). The molecule has 2 rings (SSSR count). The average molecular weight is 289 g/mol. The fraction of sp³-hybridized carbons (Fsp3) is 0.200. The SMILES string of the molecule is COc1cc(OC)cc(Oc2nc(C)ccc2C(=O)O)c1. The molecule has 0 saturated carbocycles. The molecule has 0 radical (unpaired) electrons. The van der Waals surface area contributed by atoms with Crippen LogP contribution < -0.4 is 14.2 Å². The molecule has 110 valence electrons. The highest BCUT2D eigenvalue weighted by atomic mass is 16.5. The van der Waals surface area contributed by atoms with E-state index in [1.165, 1.54) is 20.3 Å². The van der Waals surface area contributed by atoms with E-state index in [4.69, 9.17) is 19.3 Å². The zero-order chi connectivity index (χ0) is 15.4. The van der Waals surface area contributed by atoms with E-state index in [1.54, 1.807) is 31.2 Å². The summed E-state index contributed by atoms with van der Waals surface area (Å²) in [4.78, 5) is 15.3. The summed E-state index contributed by atoms with van der Waals surface area (Å²) in [6.45, 7) is 1.75. The van der Waals surface area contributed by atoms with E-state index in [1.807, 2.05) is 0 Å². The van der Waals surface area contributed by atoms with Crippen LogP contribution in [0.4, 0.5) is 0 Å². The van der Waals surface area contributed by atoms with Crippen LogP contribution in [0.15, 0.2) is 30.3 Å². The topological polar surface area (TPSA) is 77.9 Å². The number of nitrogens with zero attached hydrogens (tertiary/aromatic N) is 1. The fourth-order valence-electron chi connectivity index (χ4n) is 1.73. The monoisotopic (exact) mass is 289 g/mol. The number of hydrogen-bond donors (Lipinski definition) is 1. The minimum atomic E-state index is -1.10. The van der Waals surface area contributed by atoms with Crippen LogP contribution in [0.25, 0.3) is 0 Å². The minimum Gasteiger partial charge on any atom is -0.496 e. The summed E-state index contributed by atoms with van der Waals surface area (Å²) in [5.41, 5.74) is 0.646. The lowest BCUT2D eigenvalue weighted by Crippen LogP contribution is -2.03. The van der Waals surface area contributed by atoms with Crippen molar-refractivity contribution in [2.24, 2.45) is 0 Å². The molecule has 21 heavy (non-hydrogen) atoms. The summed E-state index contributed by atoms with van der Waals surface area (Å²) in [6.07, 6.45) is 0. The first-order valence-electron chi connectivity index (χ1n) is 6.15. The quantitative estimate of drug-likeness (QED) is 0.911. The summed E-state index contributed by atoms with van der Waals surface area (Å²) in [6, 6.07) is 8.00. The van der Waals surface area contributed by atoms with Gasteiger partial charge in [0.2, 0.25) is 5.88 Å². The lowest BCUT2D eigenvalue weighted by atomic mass is 10.2. The van der Waals surface area contributed by atoms with Crippen molar-refractivity contribution in [3.8, 4) is 23.1 Å². The zero-order valence-electron chi connectivity index (χ0n) is 11.9. The van der Waals surface area contributed by atoms with Gasteiger partial charge in [-0.3, -0.25) is 0 Å². The predicted octanol–water partition coefficient (Wildman–Crippen LogP) is 2.90. The van der Waals surface area contributed by atoms with E-state index in [0.717, 1.165) is 0 Å². The van der Waals surface area contributed by atoms with E-state index in [-0.39, 0.29) is 11.4 Å². The Kier molecular flexibility index (Phi) is 4.27. The molecule has 0 unspecified atom stereocenters. The van der Waals surface area contributed by atoms with Crippen molar-refractivity contribution in [3.05, 3.63) is 41.6 Å². The summed E-state index contributed by atoms with van der Waals surface area (Å²) < 4.78 is 15.9. The molecule has 0 amide bonds. The molecule has 0 aliphatic heterocycles. The number of aromatic carboxylic acids is 1. The lowest BCUT2D eigenvalue weighted by molar-refractivity contribution is 0.0693. The first-order chi connectivity index (χ1) is 10.0. The van der Waals surface area contributed by atoms with Gasteiger partial charge in [0.25, 0.3) is 0 Å². The number of rotatable bonds is 5. The van der Waals surface area contributed by atoms with Crippen LogP contribution in [0.3, 0.4) is 0 Å². The Bertz CT molecular complexity index is 647. The largest absolute Gasteiger partial charge is 0.496 e. The van der Waals surface area contributed by atoms with Crippen LogP contribution in [-0.2, 0) is 0 Å². The van der Waals surface area contributed by atoms with E-state index >= 15 is 0 Å². The van der Waals surface area contributed by atoms with Gasteiger partial charge in [0.1, 0.15) is 22.8 Å². The second-order valence-corrected chi connectivity index (χ2v) is 4.26. The third-order valence-electron chi connectivity index (χ3n) is 2.77. The van der Waals surface area contributed by atoms with Crippen LogP contribution in [0, 0.1) is 6.92 Å². The molecule has 0 spiro atoms. The summed E-state index contributed by atoms with van der Waals surface area (Å²) in [5.74, 6) is 0.375. The molecule has 1 heterocycles. The van der Waals surface area contributed by atoms with Crippen molar-refractivity contribution in [2.45, 2.75) is 6.92 Å². The second-order valence-electron chi connectivity index (χ2n) is 4.26. The predicted molar refractivity (Wildman–Crippen MR) is 75.6 cm³/mol. The van der Waals surface area contributed by atoms with Crippen molar-refractivity contribution >= 4 is 5.97 Å². The molecule has 6 heteroatoms. The molecule has 6 nitrogen and oxygen atoms in total. The van der Waals surface area contributed by atoms with Gasteiger partial charge in [-0.1, -0.05) is 0 Å². The van der Waals surface area contributed by atoms with Crippen molar-refractivity contribution in [2.75, 3.05) is 14.2 Å². The van der Waals surface area contributed by atoms with Gasteiger partial charge >= 0.3 is 5.97 Å². The number of aromatic nitrogens is 1. The number of benzene rings is 1. The van der Waals surface area contributed by atoms with E-state index in [2.05, 4.69) is 4.98 Å². The van der Waals surface area contributed by atoms with E-state index < -0.39 is 5.97 Å². The molecule has 0 atom stereocenters. The van der Waals surface area contributed by atoms with Gasteiger partial charge < -0.3 is 19.3 Å². The summed E-state index contributed by atoms with van der Waals surface area (Å²) >= 11 is 0. The number of carboxylic acids is 1. The van der Waals surface area contributed by atoms with Crippen molar-refractivity contribution in [1.29, 1.82) is 0 Å². The average Bonchev–Trinajstić information content (AvgIpc) is 2.46. The minimum absolute atomic E-state index is 0.0117. The van der Waals surface area contributed by atoms with Gasteiger partial charge in [-0.05, 0) is 19.1 Å². The Labute approximate surface area is 121 Å².